The van der Waals surface area contributed by atoms with Gasteiger partial charge in [0.05, 0.1) is 25.5 Å². The quantitative estimate of drug-likeness (QED) is 0.501. The van der Waals surface area contributed by atoms with Gasteiger partial charge in [0.2, 0.25) is 0 Å². The summed E-state index contributed by atoms with van der Waals surface area (Å²) >= 11 is 24.7. The van der Waals surface area contributed by atoms with E-state index in [1.54, 1.807) is 24.3 Å². The highest BCUT2D eigenvalue weighted by molar-refractivity contribution is 6.37. The maximum absolute atomic E-state index is 11.7. The molecular formula is C19H14Cl4O5. The Balaban J connectivity index is 2.03. The van der Waals surface area contributed by atoms with E-state index in [0.29, 0.717) is 24.0 Å². The standard InChI is InChI=1S/C19H14Cl4O5/c20-11-5-9(6-12(21)15(11)24)18(10-7-13(22)16(25)14(23)8-10)3-1-2-4-19(18)27-17(26)28-19/h5-8,24-25H,1-4H2. The second-order valence-corrected chi connectivity index (χ2v) is 8.53. The van der Waals surface area contributed by atoms with Crippen LogP contribution >= 0.6 is 46.4 Å². The van der Waals surface area contributed by atoms with Crippen LogP contribution in [0.4, 0.5) is 4.79 Å². The van der Waals surface area contributed by atoms with Crippen LogP contribution in [-0.4, -0.2) is 22.2 Å². The van der Waals surface area contributed by atoms with Crippen LogP contribution in [0.3, 0.4) is 0 Å². The zero-order valence-electron chi connectivity index (χ0n) is 14.3. The maximum atomic E-state index is 11.7. The summed E-state index contributed by atoms with van der Waals surface area (Å²) in [5, 5.41) is 20.2. The Morgan fingerprint density at radius 2 is 1.14 bits per heavy atom. The second-order valence-electron chi connectivity index (χ2n) is 6.90. The summed E-state index contributed by atoms with van der Waals surface area (Å²) in [6.45, 7) is 0. The van der Waals surface area contributed by atoms with Gasteiger partial charge < -0.3 is 19.7 Å². The van der Waals surface area contributed by atoms with Crippen LogP contribution in [0.15, 0.2) is 24.3 Å². The minimum atomic E-state index is -1.30. The Bertz CT molecular complexity index is 879. The fraction of sp³-hybridized carbons (Fsp3) is 0.316. The van der Waals surface area contributed by atoms with Crippen LogP contribution in [0, 0.1) is 0 Å². The molecule has 0 aromatic heterocycles. The normalized spacial score (nSPS) is 19.6. The molecule has 1 spiro atoms. The van der Waals surface area contributed by atoms with Gasteiger partial charge in [-0.05, 0) is 48.2 Å². The SMILES string of the molecule is O=C1OC2(CCCCC2(c2cc(Cl)c(O)c(Cl)c2)c2cc(Cl)c(O)c(Cl)c2)O1. The van der Waals surface area contributed by atoms with E-state index in [9.17, 15) is 15.0 Å². The van der Waals surface area contributed by atoms with Crippen molar-refractivity contribution in [3.05, 3.63) is 55.5 Å². The highest BCUT2D eigenvalue weighted by Gasteiger charge is 2.66. The summed E-state index contributed by atoms with van der Waals surface area (Å²) in [7, 11) is 0. The van der Waals surface area contributed by atoms with Gasteiger partial charge in [-0.2, -0.15) is 0 Å². The molecule has 1 aliphatic heterocycles. The molecule has 5 nitrogen and oxygen atoms in total. The molecule has 0 unspecified atom stereocenters. The molecule has 1 aliphatic carbocycles. The number of ether oxygens (including phenoxy) is 2. The van der Waals surface area contributed by atoms with Gasteiger partial charge in [0.15, 0.2) is 11.5 Å². The maximum Gasteiger partial charge on any atom is 0.515 e. The van der Waals surface area contributed by atoms with Gasteiger partial charge in [-0.1, -0.05) is 52.8 Å². The number of phenolic OH excluding ortho intramolecular Hbond substituents is 2. The van der Waals surface area contributed by atoms with Crippen LogP contribution in [0.2, 0.25) is 20.1 Å². The molecule has 28 heavy (non-hydrogen) atoms. The fourth-order valence-corrected chi connectivity index (χ4v) is 5.20. The lowest BCUT2D eigenvalue weighted by Crippen LogP contribution is -2.65. The van der Waals surface area contributed by atoms with Crippen molar-refractivity contribution >= 4 is 52.6 Å². The summed E-state index contributed by atoms with van der Waals surface area (Å²) in [6.07, 6.45) is 1.72. The van der Waals surface area contributed by atoms with Crippen LogP contribution in [-0.2, 0) is 14.9 Å². The minimum Gasteiger partial charge on any atom is -0.505 e. The van der Waals surface area contributed by atoms with E-state index in [1.165, 1.54) is 0 Å². The first-order valence-electron chi connectivity index (χ1n) is 8.49. The topological polar surface area (TPSA) is 76.0 Å². The Morgan fingerprint density at radius 1 is 0.750 bits per heavy atom. The van der Waals surface area contributed by atoms with Gasteiger partial charge in [-0.15, -0.1) is 0 Å². The minimum absolute atomic E-state index is 0.0456. The van der Waals surface area contributed by atoms with Crippen LogP contribution in [0.1, 0.15) is 36.8 Å². The van der Waals surface area contributed by atoms with Crippen LogP contribution < -0.4 is 0 Å². The van der Waals surface area contributed by atoms with Crippen molar-refractivity contribution in [1.29, 1.82) is 0 Å². The van der Waals surface area contributed by atoms with Crippen LogP contribution in [0.5, 0.6) is 11.5 Å². The van der Waals surface area contributed by atoms with E-state index in [0.717, 1.165) is 12.8 Å². The van der Waals surface area contributed by atoms with Gasteiger partial charge in [0.25, 0.3) is 5.79 Å². The van der Waals surface area contributed by atoms with Crippen molar-refractivity contribution in [2.24, 2.45) is 0 Å². The van der Waals surface area contributed by atoms with Crippen molar-refractivity contribution < 1.29 is 24.5 Å². The van der Waals surface area contributed by atoms with Crippen molar-refractivity contribution in [3.63, 3.8) is 0 Å². The predicted molar refractivity (Wildman–Crippen MR) is 106 cm³/mol. The first kappa shape index (κ1) is 19.8. The summed E-state index contributed by atoms with van der Waals surface area (Å²) in [5.74, 6) is -1.80. The molecule has 1 heterocycles. The number of carbonyl (C=O) groups is 1. The van der Waals surface area contributed by atoms with Crippen molar-refractivity contribution in [1.82, 2.24) is 0 Å². The van der Waals surface area contributed by atoms with E-state index < -0.39 is 17.4 Å². The van der Waals surface area contributed by atoms with Crippen LogP contribution in [0.25, 0.3) is 0 Å². The van der Waals surface area contributed by atoms with E-state index in [-0.39, 0.29) is 31.6 Å². The molecule has 9 heteroatoms. The number of hydrogen-bond donors (Lipinski definition) is 2. The first-order valence-corrected chi connectivity index (χ1v) is 10.0. The Morgan fingerprint density at radius 3 is 1.54 bits per heavy atom. The third-order valence-corrected chi connectivity index (χ3v) is 6.63. The average Bonchev–Trinajstić information content (AvgIpc) is 2.62. The molecule has 2 aliphatic rings. The number of benzene rings is 2. The number of rotatable bonds is 2. The molecule has 2 N–H and O–H groups in total. The van der Waals surface area contributed by atoms with Gasteiger partial charge in [0.1, 0.15) is 0 Å². The third kappa shape index (κ3) is 2.71. The van der Waals surface area contributed by atoms with E-state index in [2.05, 4.69) is 0 Å². The molecule has 0 atom stereocenters. The largest absolute Gasteiger partial charge is 0.515 e. The highest BCUT2D eigenvalue weighted by atomic mass is 35.5. The fourth-order valence-electron chi connectivity index (χ4n) is 4.22. The van der Waals surface area contributed by atoms with Gasteiger partial charge >= 0.3 is 6.16 Å². The first-order chi connectivity index (χ1) is 13.2. The lowest BCUT2D eigenvalue weighted by atomic mass is 9.60. The number of phenols is 2. The molecule has 0 bridgehead atoms. The number of carbonyl (C=O) groups excluding carboxylic acids is 1. The molecule has 0 amide bonds. The molecule has 2 fully saturated rings. The van der Waals surface area contributed by atoms with E-state index in [4.69, 9.17) is 55.9 Å². The molecule has 1 saturated carbocycles. The third-order valence-electron chi connectivity index (χ3n) is 5.47. The lowest BCUT2D eigenvalue weighted by Gasteiger charge is -2.55. The van der Waals surface area contributed by atoms with Crippen molar-refractivity contribution in [3.8, 4) is 11.5 Å². The summed E-state index contributed by atoms with van der Waals surface area (Å²) in [4.78, 5) is 11.7. The summed E-state index contributed by atoms with van der Waals surface area (Å²) in [5.41, 5.74) is 0.108. The van der Waals surface area contributed by atoms with Crippen molar-refractivity contribution in [2.75, 3.05) is 0 Å². The van der Waals surface area contributed by atoms with Crippen molar-refractivity contribution in [2.45, 2.75) is 36.9 Å². The molecule has 0 radical (unpaired) electrons. The Hall–Kier alpha value is -1.53. The van der Waals surface area contributed by atoms with Gasteiger partial charge in [-0.25, -0.2) is 4.79 Å². The van der Waals surface area contributed by atoms with Gasteiger partial charge in [-0.3, -0.25) is 0 Å². The number of aromatic hydroxyl groups is 2. The zero-order valence-corrected chi connectivity index (χ0v) is 17.3. The molecular weight excluding hydrogens is 450 g/mol. The molecule has 148 valence electrons. The Kier molecular flexibility index (Phi) is 4.78. The molecule has 2 aromatic rings. The average molecular weight is 464 g/mol. The molecule has 2 aromatic carbocycles. The summed E-state index contributed by atoms with van der Waals surface area (Å²) in [6, 6.07) is 6.22. The smallest absolute Gasteiger partial charge is 0.505 e. The summed E-state index contributed by atoms with van der Waals surface area (Å²) < 4.78 is 11.1. The molecule has 1 saturated heterocycles. The number of hydrogen-bond acceptors (Lipinski definition) is 5. The Labute approximate surface area is 180 Å². The number of halogens is 4. The molecule has 4 rings (SSSR count). The predicted octanol–water partition coefficient (Wildman–Crippen LogP) is 6.43. The monoisotopic (exact) mass is 462 g/mol. The zero-order chi connectivity index (χ0) is 20.3. The van der Waals surface area contributed by atoms with E-state index >= 15 is 0 Å². The second kappa shape index (κ2) is 6.77. The lowest BCUT2D eigenvalue weighted by molar-refractivity contribution is -0.312. The van der Waals surface area contributed by atoms with E-state index in [1.807, 2.05) is 0 Å². The highest BCUT2D eigenvalue weighted by Crippen LogP contribution is 2.59. The van der Waals surface area contributed by atoms with Gasteiger partial charge in [0, 0.05) is 6.42 Å².